The molecule has 1 heteroatoms. The van der Waals surface area contributed by atoms with E-state index in [2.05, 4.69) is 42.5 Å². The second-order valence-corrected chi connectivity index (χ2v) is 7.26. The highest BCUT2D eigenvalue weighted by Crippen LogP contribution is 2.51. The van der Waals surface area contributed by atoms with Crippen molar-refractivity contribution in [3.63, 3.8) is 0 Å². The normalized spacial score (nSPS) is 29.9. The molecular formula is C19H21Cl. The third-order valence-electron chi connectivity index (χ3n) is 5.55. The molecule has 0 nitrogen and oxygen atoms in total. The number of halogens is 1. The lowest BCUT2D eigenvalue weighted by molar-refractivity contribution is 0.320. The molecule has 0 saturated heterocycles. The minimum absolute atomic E-state index is 0.316. The molecule has 2 aromatic carbocycles. The number of benzene rings is 2. The molecule has 2 aliphatic rings. The molecule has 0 heterocycles. The van der Waals surface area contributed by atoms with Gasteiger partial charge in [-0.05, 0) is 59.8 Å². The lowest BCUT2D eigenvalue weighted by atomic mass is 9.83. The first-order valence-electron chi connectivity index (χ1n) is 7.92. The average Bonchev–Trinajstić information content (AvgIpc) is 3.10. The molecule has 0 radical (unpaired) electrons. The molecule has 0 N–H and O–H groups in total. The Kier molecular flexibility index (Phi) is 3.22. The molecule has 2 aromatic rings. The predicted octanol–water partition coefficient (Wildman–Crippen LogP) is 5.43. The molecule has 2 bridgehead atoms. The Morgan fingerprint density at radius 1 is 1.00 bits per heavy atom. The smallest absolute Gasteiger partial charge is 0.0407 e. The third kappa shape index (κ3) is 2.15. The van der Waals surface area contributed by atoms with Crippen LogP contribution in [0.1, 0.15) is 31.2 Å². The van der Waals surface area contributed by atoms with Gasteiger partial charge in [0.2, 0.25) is 0 Å². The fourth-order valence-corrected chi connectivity index (χ4v) is 5.04. The second kappa shape index (κ2) is 5.07. The Labute approximate surface area is 126 Å². The van der Waals surface area contributed by atoms with Crippen LogP contribution in [0.3, 0.4) is 0 Å². The molecule has 4 rings (SSSR count). The van der Waals surface area contributed by atoms with Gasteiger partial charge in [0, 0.05) is 5.38 Å². The molecule has 104 valence electrons. The maximum Gasteiger partial charge on any atom is 0.0407 e. The number of fused-ring (bicyclic) bond motifs is 3. The molecule has 0 spiro atoms. The molecule has 2 saturated carbocycles. The minimum Gasteiger partial charge on any atom is -0.122 e. The maximum absolute atomic E-state index is 6.82. The first-order valence-corrected chi connectivity index (χ1v) is 8.35. The number of hydrogen-bond donors (Lipinski definition) is 0. The lowest BCUT2D eigenvalue weighted by Gasteiger charge is -2.26. The quantitative estimate of drug-likeness (QED) is 0.660. The highest BCUT2D eigenvalue weighted by atomic mass is 35.5. The SMILES string of the molecule is ClC(Cc1cccc2ccccc12)C1CC2CCC1C2. The molecular weight excluding hydrogens is 264 g/mol. The van der Waals surface area contributed by atoms with E-state index in [1.165, 1.54) is 42.0 Å². The van der Waals surface area contributed by atoms with Gasteiger partial charge in [-0.3, -0.25) is 0 Å². The van der Waals surface area contributed by atoms with E-state index in [-0.39, 0.29) is 0 Å². The van der Waals surface area contributed by atoms with Crippen LogP contribution in [0.4, 0.5) is 0 Å². The summed E-state index contributed by atoms with van der Waals surface area (Å²) >= 11 is 6.82. The van der Waals surface area contributed by atoms with Gasteiger partial charge in [-0.2, -0.15) is 0 Å². The Morgan fingerprint density at radius 2 is 1.85 bits per heavy atom. The first-order chi connectivity index (χ1) is 9.81. The number of hydrogen-bond acceptors (Lipinski definition) is 0. The van der Waals surface area contributed by atoms with Crippen LogP contribution in [0, 0.1) is 17.8 Å². The molecule has 0 amide bonds. The van der Waals surface area contributed by atoms with Crippen LogP contribution < -0.4 is 0 Å². The van der Waals surface area contributed by atoms with Crippen LogP contribution in [0.5, 0.6) is 0 Å². The van der Waals surface area contributed by atoms with Gasteiger partial charge in [0.15, 0.2) is 0 Å². The van der Waals surface area contributed by atoms with Crippen molar-refractivity contribution in [1.82, 2.24) is 0 Å². The predicted molar refractivity (Wildman–Crippen MR) is 86.2 cm³/mol. The molecule has 4 atom stereocenters. The van der Waals surface area contributed by atoms with E-state index in [1.54, 1.807) is 0 Å². The molecule has 2 aliphatic carbocycles. The minimum atomic E-state index is 0.316. The molecule has 0 aromatic heterocycles. The van der Waals surface area contributed by atoms with Crippen molar-refractivity contribution >= 4 is 22.4 Å². The van der Waals surface area contributed by atoms with Crippen LogP contribution >= 0.6 is 11.6 Å². The zero-order chi connectivity index (χ0) is 13.5. The highest BCUT2D eigenvalue weighted by Gasteiger charge is 2.42. The summed E-state index contributed by atoms with van der Waals surface area (Å²) in [7, 11) is 0. The number of rotatable bonds is 3. The van der Waals surface area contributed by atoms with E-state index in [9.17, 15) is 0 Å². The van der Waals surface area contributed by atoms with Crippen LogP contribution in [-0.4, -0.2) is 5.38 Å². The van der Waals surface area contributed by atoms with Gasteiger partial charge in [-0.25, -0.2) is 0 Å². The Hall–Kier alpha value is -1.01. The zero-order valence-electron chi connectivity index (χ0n) is 11.8. The average molecular weight is 285 g/mol. The summed E-state index contributed by atoms with van der Waals surface area (Å²) in [5.74, 6) is 2.66. The van der Waals surface area contributed by atoms with Crippen molar-refractivity contribution in [2.24, 2.45) is 17.8 Å². The summed E-state index contributed by atoms with van der Waals surface area (Å²) in [5.41, 5.74) is 1.42. The number of alkyl halides is 1. The van der Waals surface area contributed by atoms with E-state index >= 15 is 0 Å². The van der Waals surface area contributed by atoms with Gasteiger partial charge in [0.1, 0.15) is 0 Å². The molecule has 2 fully saturated rings. The fourth-order valence-electron chi connectivity index (χ4n) is 4.57. The summed E-state index contributed by atoms with van der Waals surface area (Å²) in [6, 6.07) is 15.3. The van der Waals surface area contributed by atoms with Crippen LogP contribution in [0.25, 0.3) is 10.8 Å². The van der Waals surface area contributed by atoms with Crippen molar-refractivity contribution < 1.29 is 0 Å². The fraction of sp³-hybridized carbons (Fsp3) is 0.474. The second-order valence-electron chi connectivity index (χ2n) is 6.70. The van der Waals surface area contributed by atoms with E-state index in [0.717, 1.165) is 24.2 Å². The summed E-state index contributed by atoms with van der Waals surface area (Å²) in [6.45, 7) is 0. The van der Waals surface area contributed by atoms with E-state index in [0.29, 0.717) is 5.38 Å². The van der Waals surface area contributed by atoms with E-state index in [4.69, 9.17) is 11.6 Å². The topological polar surface area (TPSA) is 0 Å². The van der Waals surface area contributed by atoms with Crippen LogP contribution in [-0.2, 0) is 6.42 Å². The largest absolute Gasteiger partial charge is 0.122 e. The van der Waals surface area contributed by atoms with Crippen LogP contribution in [0.15, 0.2) is 42.5 Å². The Balaban J connectivity index is 1.58. The first kappa shape index (κ1) is 12.7. The monoisotopic (exact) mass is 284 g/mol. The van der Waals surface area contributed by atoms with Crippen molar-refractivity contribution in [2.75, 3.05) is 0 Å². The molecule has 20 heavy (non-hydrogen) atoms. The summed E-state index contributed by atoms with van der Waals surface area (Å²) < 4.78 is 0. The third-order valence-corrected chi connectivity index (χ3v) is 6.03. The van der Waals surface area contributed by atoms with Crippen LogP contribution in [0.2, 0.25) is 0 Å². The van der Waals surface area contributed by atoms with Crippen molar-refractivity contribution in [3.05, 3.63) is 48.0 Å². The Bertz CT molecular complexity index is 613. The molecule has 4 unspecified atom stereocenters. The van der Waals surface area contributed by atoms with Crippen molar-refractivity contribution in [1.29, 1.82) is 0 Å². The maximum atomic E-state index is 6.82. The van der Waals surface area contributed by atoms with Gasteiger partial charge in [-0.15, -0.1) is 11.6 Å². The highest BCUT2D eigenvalue weighted by molar-refractivity contribution is 6.21. The van der Waals surface area contributed by atoms with E-state index in [1.807, 2.05) is 0 Å². The van der Waals surface area contributed by atoms with Crippen molar-refractivity contribution in [3.8, 4) is 0 Å². The Morgan fingerprint density at radius 3 is 2.65 bits per heavy atom. The molecule has 0 aliphatic heterocycles. The zero-order valence-corrected chi connectivity index (χ0v) is 12.5. The standard InChI is InChI=1S/C19H21Cl/c20-19(18-11-13-8-9-16(18)10-13)12-15-6-3-5-14-4-1-2-7-17(14)15/h1-7,13,16,18-19H,8-12H2. The van der Waals surface area contributed by atoms with Crippen molar-refractivity contribution in [2.45, 2.75) is 37.5 Å². The summed E-state index contributed by atoms with van der Waals surface area (Å²) in [5, 5.41) is 3.03. The van der Waals surface area contributed by atoms with Gasteiger partial charge in [0.25, 0.3) is 0 Å². The van der Waals surface area contributed by atoms with Gasteiger partial charge in [0.05, 0.1) is 0 Å². The van der Waals surface area contributed by atoms with Gasteiger partial charge >= 0.3 is 0 Å². The van der Waals surface area contributed by atoms with Gasteiger partial charge < -0.3 is 0 Å². The lowest BCUT2D eigenvalue weighted by Crippen LogP contribution is -2.23. The van der Waals surface area contributed by atoms with E-state index < -0.39 is 0 Å². The summed E-state index contributed by atoms with van der Waals surface area (Å²) in [4.78, 5) is 0. The van der Waals surface area contributed by atoms with Gasteiger partial charge in [-0.1, -0.05) is 48.9 Å². The summed E-state index contributed by atoms with van der Waals surface area (Å²) in [6.07, 6.45) is 6.73.